The van der Waals surface area contributed by atoms with Crippen molar-refractivity contribution in [2.45, 2.75) is 51.2 Å². The van der Waals surface area contributed by atoms with Crippen LogP contribution in [0.25, 0.3) is 0 Å². The number of benzene rings is 2. The van der Waals surface area contributed by atoms with Crippen molar-refractivity contribution in [3.63, 3.8) is 0 Å². The lowest BCUT2D eigenvalue weighted by molar-refractivity contribution is -0.139. The summed E-state index contributed by atoms with van der Waals surface area (Å²) in [7, 11) is -3.92. The molecule has 0 bridgehead atoms. The number of carbonyl (C=O) groups is 2. The predicted molar refractivity (Wildman–Crippen MR) is 135 cm³/mol. The van der Waals surface area contributed by atoms with E-state index in [9.17, 15) is 22.4 Å². The van der Waals surface area contributed by atoms with Gasteiger partial charge in [-0.2, -0.15) is 0 Å². The Labute approximate surface area is 215 Å². The summed E-state index contributed by atoms with van der Waals surface area (Å²) in [5.41, 5.74) is 0.687. The highest BCUT2D eigenvalue weighted by Gasteiger charge is 2.32. The zero-order chi connectivity index (χ0) is 25.8. The average Bonchev–Trinajstić information content (AvgIpc) is 3.29. The van der Waals surface area contributed by atoms with E-state index in [-0.39, 0.29) is 29.2 Å². The molecule has 1 fully saturated rings. The first-order chi connectivity index (χ1) is 16.5. The first kappa shape index (κ1) is 27.2. The summed E-state index contributed by atoms with van der Waals surface area (Å²) < 4.78 is 39.5. The molecule has 1 atom stereocenters. The lowest BCUT2D eigenvalue weighted by Crippen LogP contribution is -2.52. The molecule has 1 N–H and O–H groups in total. The van der Waals surface area contributed by atoms with Crippen molar-refractivity contribution in [2.24, 2.45) is 0 Å². The number of hydrogen-bond donors (Lipinski definition) is 1. The van der Waals surface area contributed by atoms with Gasteiger partial charge in [-0.15, -0.1) is 0 Å². The van der Waals surface area contributed by atoms with E-state index in [0.717, 1.165) is 36.2 Å². The Hall–Kier alpha value is -2.36. The van der Waals surface area contributed by atoms with E-state index >= 15 is 0 Å². The van der Waals surface area contributed by atoms with E-state index in [1.807, 2.05) is 0 Å². The van der Waals surface area contributed by atoms with Gasteiger partial charge in [0.25, 0.3) is 0 Å². The average molecular weight is 544 g/mol. The Morgan fingerprint density at radius 1 is 1.11 bits per heavy atom. The van der Waals surface area contributed by atoms with Crippen LogP contribution in [0.4, 0.5) is 10.1 Å². The molecule has 0 aromatic heterocycles. The highest BCUT2D eigenvalue weighted by molar-refractivity contribution is 7.92. The summed E-state index contributed by atoms with van der Waals surface area (Å²) in [5.74, 6) is -1.37. The van der Waals surface area contributed by atoms with Crippen LogP contribution in [0.2, 0.25) is 10.0 Å². The molecule has 1 saturated carbocycles. The number of nitrogens with zero attached hydrogens (tertiary/aromatic N) is 2. The molecule has 11 heteroatoms. The Bertz CT molecular complexity index is 1170. The molecule has 1 aliphatic rings. The van der Waals surface area contributed by atoms with Crippen LogP contribution in [0.15, 0.2) is 42.5 Å². The lowest BCUT2D eigenvalue weighted by atomic mass is 10.1. The topological polar surface area (TPSA) is 86.8 Å². The van der Waals surface area contributed by atoms with Crippen LogP contribution >= 0.6 is 23.2 Å². The molecule has 7 nitrogen and oxygen atoms in total. The lowest BCUT2D eigenvalue weighted by Gasteiger charge is -2.32. The Morgan fingerprint density at radius 3 is 2.31 bits per heavy atom. The van der Waals surface area contributed by atoms with Crippen LogP contribution < -0.4 is 9.62 Å². The van der Waals surface area contributed by atoms with Gasteiger partial charge in [0.1, 0.15) is 18.4 Å². The fourth-order valence-corrected chi connectivity index (χ4v) is 5.46. The minimum absolute atomic E-state index is 0.00960. The van der Waals surface area contributed by atoms with Crippen molar-refractivity contribution in [3.8, 4) is 0 Å². The van der Waals surface area contributed by atoms with E-state index in [1.54, 1.807) is 6.92 Å². The number of hydrogen-bond acceptors (Lipinski definition) is 4. The molecule has 0 aliphatic heterocycles. The van der Waals surface area contributed by atoms with Gasteiger partial charge in [0, 0.05) is 17.6 Å². The predicted octanol–water partition coefficient (Wildman–Crippen LogP) is 4.37. The maximum absolute atomic E-state index is 13.5. The maximum atomic E-state index is 13.5. The molecule has 190 valence electrons. The third-order valence-electron chi connectivity index (χ3n) is 5.99. The zero-order valence-electron chi connectivity index (χ0n) is 19.5. The zero-order valence-corrected chi connectivity index (χ0v) is 21.8. The summed E-state index contributed by atoms with van der Waals surface area (Å²) >= 11 is 12.2. The molecule has 0 saturated heterocycles. The third kappa shape index (κ3) is 7.32. The van der Waals surface area contributed by atoms with Crippen LogP contribution in [0.1, 0.15) is 38.2 Å². The van der Waals surface area contributed by atoms with Crippen LogP contribution in [0.5, 0.6) is 0 Å². The summed E-state index contributed by atoms with van der Waals surface area (Å²) in [6.07, 6.45) is 4.78. The number of nitrogens with one attached hydrogen (secondary N) is 1. The second-order valence-electron chi connectivity index (χ2n) is 8.68. The Balaban J connectivity index is 1.89. The van der Waals surface area contributed by atoms with Gasteiger partial charge < -0.3 is 10.2 Å². The molecule has 35 heavy (non-hydrogen) atoms. The molecule has 3 rings (SSSR count). The third-order valence-corrected chi connectivity index (χ3v) is 7.66. The van der Waals surface area contributed by atoms with Crippen molar-refractivity contribution in [3.05, 3.63) is 63.9 Å². The molecule has 2 amide bonds. The Kier molecular flexibility index (Phi) is 9.01. The summed E-state index contributed by atoms with van der Waals surface area (Å²) in [6, 6.07) is 8.98. The molecular formula is C24H28Cl2FN3O4S. The van der Waals surface area contributed by atoms with Crippen molar-refractivity contribution < 1.29 is 22.4 Å². The van der Waals surface area contributed by atoms with Crippen molar-refractivity contribution in [2.75, 3.05) is 17.1 Å². The number of anilines is 1. The molecule has 1 aliphatic carbocycles. The number of amides is 2. The molecule has 0 radical (unpaired) electrons. The van der Waals surface area contributed by atoms with Crippen LogP contribution in [-0.2, 0) is 26.2 Å². The van der Waals surface area contributed by atoms with Crippen molar-refractivity contribution in [1.82, 2.24) is 10.2 Å². The number of carbonyl (C=O) groups excluding carboxylic acids is 2. The van der Waals surface area contributed by atoms with Crippen molar-refractivity contribution >= 4 is 50.7 Å². The van der Waals surface area contributed by atoms with Gasteiger partial charge in [0.05, 0.1) is 17.0 Å². The summed E-state index contributed by atoms with van der Waals surface area (Å²) in [5, 5.41) is 3.36. The highest BCUT2D eigenvalue weighted by atomic mass is 35.5. The number of sulfonamides is 1. The number of rotatable bonds is 9. The van der Waals surface area contributed by atoms with E-state index in [4.69, 9.17) is 23.2 Å². The smallest absolute Gasteiger partial charge is 0.244 e. The molecule has 0 spiro atoms. The monoisotopic (exact) mass is 543 g/mol. The summed E-state index contributed by atoms with van der Waals surface area (Å²) in [4.78, 5) is 27.8. The molecule has 2 aromatic rings. The van der Waals surface area contributed by atoms with Gasteiger partial charge in [-0.3, -0.25) is 13.9 Å². The fourth-order valence-electron chi connectivity index (χ4n) is 4.04. The first-order valence-corrected chi connectivity index (χ1v) is 13.8. The van der Waals surface area contributed by atoms with E-state index in [1.165, 1.54) is 47.4 Å². The van der Waals surface area contributed by atoms with Gasteiger partial charge in [-0.05, 0) is 55.7 Å². The van der Waals surface area contributed by atoms with Gasteiger partial charge >= 0.3 is 0 Å². The quantitative estimate of drug-likeness (QED) is 0.508. The van der Waals surface area contributed by atoms with E-state index in [0.29, 0.717) is 10.6 Å². The summed E-state index contributed by atoms with van der Waals surface area (Å²) in [6.45, 7) is 0.999. The van der Waals surface area contributed by atoms with Gasteiger partial charge in [-0.25, -0.2) is 12.8 Å². The van der Waals surface area contributed by atoms with Gasteiger partial charge in [0.2, 0.25) is 21.8 Å². The highest BCUT2D eigenvalue weighted by Crippen LogP contribution is 2.30. The van der Waals surface area contributed by atoms with E-state index < -0.39 is 34.3 Å². The fraction of sp³-hybridized carbons (Fsp3) is 0.417. The molecule has 0 unspecified atom stereocenters. The van der Waals surface area contributed by atoms with Crippen LogP contribution in [0.3, 0.4) is 0 Å². The number of halogens is 3. The minimum Gasteiger partial charge on any atom is -0.352 e. The van der Waals surface area contributed by atoms with E-state index in [2.05, 4.69) is 5.32 Å². The van der Waals surface area contributed by atoms with Crippen molar-refractivity contribution in [1.29, 1.82) is 0 Å². The first-order valence-electron chi connectivity index (χ1n) is 11.2. The second-order valence-corrected chi connectivity index (χ2v) is 11.4. The van der Waals surface area contributed by atoms with Crippen LogP contribution in [0, 0.1) is 5.82 Å². The second kappa shape index (κ2) is 11.6. The minimum atomic E-state index is -3.92. The van der Waals surface area contributed by atoms with Gasteiger partial charge in [-0.1, -0.05) is 48.2 Å². The molecular weight excluding hydrogens is 516 g/mol. The van der Waals surface area contributed by atoms with Gasteiger partial charge in [0.15, 0.2) is 0 Å². The SMILES string of the molecule is C[C@@H](C(=O)NC1CCCC1)N(Cc1ccc(F)cc1)C(=O)CN(c1ccc(Cl)cc1Cl)S(C)(=O)=O. The largest absolute Gasteiger partial charge is 0.352 e. The maximum Gasteiger partial charge on any atom is 0.244 e. The molecule has 0 heterocycles. The van der Waals surface area contributed by atoms with Crippen LogP contribution in [-0.4, -0.2) is 50.0 Å². The molecule has 2 aromatic carbocycles. The standard InChI is InChI=1S/C24H28Cl2FN3O4S/c1-16(24(32)28-20-5-3-4-6-20)29(14-17-7-10-19(27)11-8-17)23(31)15-30(35(2,33)34)22-12-9-18(25)13-21(22)26/h7-13,16,20H,3-6,14-15H2,1-2H3,(H,28,32)/t16-/m0/s1. The Morgan fingerprint density at radius 2 is 1.74 bits per heavy atom. The normalized spacial score (nSPS) is 15.0.